The molecule has 19 heavy (non-hydrogen) atoms. The molecule has 1 unspecified atom stereocenters. The van der Waals surface area contributed by atoms with Crippen LogP contribution in [0.25, 0.3) is 11.4 Å². The van der Waals surface area contributed by atoms with Crippen LogP contribution in [0.3, 0.4) is 0 Å². The Balaban J connectivity index is 2.17. The minimum atomic E-state index is -0.351. The molecule has 1 heterocycles. The molecule has 1 atom stereocenters. The molecule has 0 saturated carbocycles. The number of aromatic nitrogens is 2. The summed E-state index contributed by atoms with van der Waals surface area (Å²) in [5, 5.41) is 3.95. The van der Waals surface area contributed by atoms with Crippen LogP contribution in [-0.4, -0.2) is 29.5 Å². The van der Waals surface area contributed by atoms with E-state index in [4.69, 9.17) is 15.0 Å². The van der Waals surface area contributed by atoms with Gasteiger partial charge < -0.3 is 15.0 Å². The molecule has 0 fully saturated rings. The zero-order valence-electron chi connectivity index (χ0n) is 11.0. The first-order valence-corrected chi connectivity index (χ1v) is 7.06. The molecule has 2 rings (SSSR count). The highest BCUT2D eigenvalue weighted by molar-refractivity contribution is 7.99. The average molecular weight is 279 g/mol. The lowest BCUT2D eigenvalue weighted by molar-refractivity contribution is 0.0804. The predicted molar refractivity (Wildman–Crippen MR) is 74.9 cm³/mol. The van der Waals surface area contributed by atoms with Crippen molar-refractivity contribution in [2.45, 2.75) is 17.9 Å². The van der Waals surface area contributed by atoms with E-state index < -0.39 is 0 Å². The summed E-state index contributed by atoms with van der Waals surface area (Å²) in [6.45, 7) is 2.44. The summed E-state index contributed by atoms with van der Waals surface area (Å²) in [6, 6.07) is 8.07. The number of thioether (sulfide) groups is 1. The molecule has 0 aliphatic carbocycles. The normalized spacial score (nSPS) is 12.6. The van der Waals surface area contributed by atoms with Crippen LogP contribution in [0.5, 0.6) is 0 Å². The van der Waals surface area contributed by atoms with Crippen LogP contribution < -0.4 is 5.73 Å². The number of rotatable bonds is 6. The first kappa shape index (κ1) is 14.0. The molecule has 5 nitrogen and oxygen atoms in total. The van der Waals surface area contributed by atoms with Crippen molar-refractivity contribution in [2.75, 3.05) is 19.4 Å². The van der Waals surface area contributed by atoms with Gasteiger partial charge in [0.15, 0.2) is 0 Å². The van der Waals surface area contributed by atoms with E-state index in [1.54, 1.807) is 18.9 Å². The van der Waals surface area contributed by atoms with Crippen LogP contribution in [0.15, 0.2) is 33.7 Å². The predicted octanol–water partition coefficient (Wildman–Crippen LogP) is 2.49. The number of nitrogens with two attached hydrogens (primary N) is 1. The fourth-order valence-electron chi connectivity index (χ4n) is 1.65. The van der Waals surface area contributed by atoms with E-state index in [1.165, 1.54) is 4.90 Å². The molecule has 0 saturated heterocycles. The maximum Gasteiger partial charge on any atom is 0.257 e. The Morgan fingerprint density at radius 2 is 2.11 bits per heavy atom. The third-order valence-electron chi connectivity index (χ3n) is 2.64. The van der Waals surface area contributed by atoms with E-state index in [9.17, 15) is 0 Å². The molecule has 1 aromatic heterocycles. The van der Waals surface area contributed by atoms with Gasteiger partial charge in [0.1, 0.15) is 6.10 Å². The monoisotopic (exact) mass is 279 g/mol. The minimum absolute atomic E-state index is 0.310. The average Bonchev–Trinajstić information content (AvgIpc) is 2.91. The van der Waals surface area contributed by atoms with Crippen LogP contribution >= 0.6 is 11.8 Å². The molecule has 102 valence electrons. The lowest BCUT2D eigenvalue weighted by Gasteiger charge is -2.05. The highest BCUT2D eigenvalue weighted by Crippen LogP contribution is 2.23. The van der Waals surface area contributed by atoms with Gasteiger partial charge in [0.2, 0.25) is 5.82 Å². The summed E-state index contributed by atoms with van der Waals surface area (Å²) < 4.78 is 10.3. The van der Waals surface area contributed by atoms with Crippen LogP contribution in [0.2, 0.25) is 0 Å². The Morgan fingerprint density at radius 1 is 1.37 bits per heavy atom. The summed E-state index contributed by atoms with van der Waals surface area (Å²) in [5.41, 5.74) is 6.48. The van der Waals surface area contributed by atoms with E-state index in [-0.39, 0.29) is 6.10 Å². The molecule has 0 aliphatic rings. The van der Waals surface area contributed by atoms with Crippen molar-refractivity contribution in [2.24, 2.45) is 5.73 Å². The van der Waals surface area contributed by atoms with Gasteiger partial charge in [-0.3, -0.25) is 0 Å². The number of methoxy groups -OCH3 is 1. The second kappa shape index (κ2) is 6.70. The smallest absolute Gasteiger partial charge is 0.257 e. The van der Waals surface area contributed by atoms with E-state index >= 15 is 0 Å². The van der Waals surface area contributed by atoms with Crippen molar-refractivity contribution in [3.63, 3.8) is 0 Å². The largest absolute Gasteiger partial charge is 0.370 e. The molecule has 2 N–H and O–H groups in total. The van der Waals surface area contributed by atoms with E-state index in [1.807, 2.05) is 12.1 Å². The molecule has 1 aromatic carbocycles. The molecule has 0 bridgehead atoms. The van der Waals surface area contributed by atoms with Crippen LogP contribution in [0.1, 0.15) is 18.9 Å². The lowest BCUT2D eigenvalue weighted by Crippen LogP contribution is -2.14. The van der Waals surface area contributed by atoms with Crippen LogP contribution in [0.4, 0.5) is 0 Å². The topological polar surface area (TPSA) is 74.2 Å². The van der Waals surface area contributed by atoms with E-state index in [0.29, 0.717) is 18.3 Å². The highest BCUT2D eigenvalue weighted by Gasteiger charge is 2.17. The quantitative estimate of drug-likeness (QED) is 0.819. The third-order valence-corrected chi connectivity index (χ3v) is 3.53. The van der Waals surface area contributed by atoms with Gasteiger partial charge in [-0.2, -0.15) is 4.98 Å². The van der Waals surface area contributed by atoms with Crippen molar-refractivity contribution < 1.29 is 9.26 Å². The molecule has 6 heteroatoms. The van der Waals surface area contributed by atoms with E-state index in [0.717, 1.165) is 11.3 Å². The van der Waals surface area contributed by atoms with Crippen LogP contribution in [-0.2, 0) is 4.74 Å². The summed E-state index contributed by atoms with van der Waals surface area (Å²) in [5.74, 6) is 2.02. The lowest BCUT2D eigenvalue weighted by atomic mass is 10.2. The zero-order valence-corrected chi connectivity index (χ0v) is 11.8. The summed E-state index contributed by atoms with van der Waals surface area (Å²) in [4.78, 5) is 5.54. The van der Waals surface area contributed by atoms with Crippen molar-refractivity contribution in [3.8, 4) is 11.4 Å². The fraction of sp³-hybridized carbons (Fsp3) is 0.385. The first-order valence-electron chi connectivity index (χ1n) is 6.08. The Hall–Kier alpha value is -1.37. The summed E-state index contributed by atoms with van der Waals surface area (Å²) in [7, 11) is 1.57. The standard InChI is InChI=1S/C13H17N3O2S/c1-3-19-10-6-4-9(5-7-10)12-15-13(18-16-12)11(8-14)17-2/h4-7,11H,3,8,14H2,1-2H3. The van der Waals surface area contributed by atoms with Crippen molar-refractivity contribution in [3.05, 3.63) is 30.2 Å². The highest BCUT2D eigenvalue weighted by atomic mass is 32.2. The van der Waals surface area contributed by atoms with Crippen molar-refractivity contribution >= 4 is 11.8 Å². The molecule has 0 aliphatic heterocycles. The fourth-order valence-corrected chi connectivity index (χ4v) is 2.31. The number of hydrogen-bond donors (Lipinski definition) is 1. The number of benzene rings is 1. The summed E-state index contributed by atoms with van der Waals surface area (Å²) in [6.07, 6.45) is -0.351. The second-order valence-corrected chi connectivity index (χ2v) is 5.21. The number of hydrogen-bond acceptors (Lipinski definition) is 6. The first-order chi connectivity index (χ1) is 9.28. The Bertz CT molecular complexity index is 509. The molecule has 0 spiro atoms. The SMILES string of the molecule is CCSc1ccc(-c2noc(C(CN)OC)n2)cc1. The molecular weight excluding hydrogens is 262 g/mol. The summed E-state index contributed by atoms with van der Waals surface area (Å²) >= 11 is 1.80. The van der Waals surface area contributed by atoms with Gasteiger partial charge >= 0.3 is 0 Å². The van der Waals surface area contributed by atoms with Gasteiger partial charge in [-0.1, -0.05) is 12.1 Å². The zero-order chi connectivity index (χ0) is 13.7. The van der Waals surface area contributed by atoms with Crippen LogP contribution in [0, 0.1) is 0 Å². The Labute approximate surface area is 116 Å². The van der Waals surface area contributed by atoms with Crippen molar-refractivity contribution in [1.82, 2.24) is 10.1 Å². The van der Waals surface area contributed by atoms with Gasteiger partial charge in [-0.15, -0.1) is 11.8 Å². The third kappa shape index (κ3) is 3.34. The van der Waals surface area contributed by atoms with Crippen molar-refractivity contribution in [1.29, 1.82) is 0 Å². The van der Waals surface area contributed by atoms with E-state index in [2.05, 4.69) is 29.2 Å². The Kier molecular flexibility index (Phi) is 4.95. The van der Waals surface area contributed by atoms with Gasteiger partial charge in [0, 0.05) is 24.1 Å². The van der Waals surface area contributed by atoms with Gasteiger partial charge in [-0.25, -0.2) is 0 Å². The van der Waals surface area contributed by atoms with Gasteiger partial charge in [0.25, 0.3) is 5.89 Å². The molecule has 2 aromatic rings. The minimum Gasteiger partial charge on any atom is -0.370 e. The van der Waals surface area contributed by atoms with Gasteiger partial charge in [-0.05, 0) is 30.0 Å². The molecule has 0 radical (unpaired) electrons. The Morgan fingerprint density at radius 3 is 2.68 bits per heavy atom. The molecule has 0 amide bonds. The number of ether oxygens (including phenoxy) is 1. The second-order valence-electron chi connectivity index (χ2n) is 3.87. The maximum atomic E-state index is 5.56. The van der Waals surface area contributed by atoms with Gasteiger partial charge in [0.05, 0.1) is 0 Å². The molecular formula is C13H17N3O2S. The number of nitrogens with zero attached hydrogens (tertiary/aromatic N) is 2. The maximum absolute atomic E-state index is 5.56.